The highest BCUT2D eigenvalue weighted by atomic mass is 16.2. The average Bonchev–Trinajstić information content (AvgIpc) is 2.84. The minimum absolute atomic E-state index is 0.210. The number of hydrogen-bond acceptors (Lipinski definition) is 7. The normalized spacial score (nSPS) is 13.9. The Morgan fingerprint density at radius 3 is 2.34 bits per heavy atom. The van der Waals surface area contributed by atoms with Gasteiger partial charge in [0.05, 0.1) is 5.69 Å². The molecule has 0 saturated carbocycles. The molecule has 32 heavy (non-hydrogen) atoms. The van der Waals surface area contributed by atoms with E-state index in [0.29, 0.717) is 50.8 Å². The van der Waals surface area contributed by atoms with Crippen molar-refractivity contribution in [2.24, 2.45) is 11.5 Å². The zero-order valence-corrected chi connectivity index (χ0v) is 17.7. The smallest absolute Gasteiger partial charge is 0.314 e. The molecule has 0 unspecified atom stereocenters. The maximum atomic E-state index is 13.4. The molecule has 0 radical (unpaired) electrons. The second-order valence-corrected chi connectivity index (χ2v) is 7.55. The maximum Gasteiger partial charge on any atom is 0.314 e. The van der Waals surface area contributed by atoms with E-state index in [0.717, 1.165) is 23.4 Å². The third-order valence-corrected chi connectivity index (χ3v) is 5.44. The van der Waals surface area contributed by atoms with Gasteiger partial charge in [-0.05, 0) is 49.7 Å². The first-order valence-electron chi connectivity index (χ1n) is 10.6. The van der Waals surface area contributed by atoms with Crippen LogP contribution in [-0.4, -0.2) is 63.2 Å². The molecule has 1 aliphatic heterocycles. The minimum Gasteiger partial charge on any atom is -0.351 e. The van der Waals surface area contributed by atoms with E-state index in [1.807, 2.05) is 29.2 Å². The number of carbonyl (C=O) groups is 1. The molecule has 3 heterocycles. The monoisotopic (exact) mass is 434 g/mol. The lowest BCUT2D eigenvalue weighted by molar-refractivity contribution is 0.204. The first kappa shape index (κ1) is 21.4. The molecule has 4 rings (SSSR count). The summed E-state index contributed by atoms with van der Waals surface area (Å²) in [4.78, 5) is 41.5. The molecule has 1 aromatic carbocycles. The first-order valence-corrected chi connectivity index (χ1v) is 10.6. The van der Waals surface area contributed by atoms with Crippen LogP contribution in [0.15, 0.2) is 53.7 Å². The highest BCUT2D eigenvalue weighted by molar-refractivity contribution is 5.72. The number of hydrogen-bond donors (Lipinski definition) is 2. The van der Waals surface area contributed by atoms with Gasteiger partial charge >= 0.3 is 6.03 Å². The third kappa shape index (κ3) is 4.59. The van der Waals surface area contributed by atoms with Crippen LogP contribution in [0.2, 0.25) is 0 Å². The van der Waals surface area contributed by atoms with Crippen LogP contribution < -0.4 is 21.9 Å². The number of anilines is 1. The Hall–Kier alpha value is -3.79. The predicted octanol–water partition coefficient (Wildman–Crippen LogP) is 0.781. The van der Waals surface area contributed by atoms with Crippen LogP contribution in [0.1, 0.15) is 12.1 Å². The van der Waals surface area contributed by atoms with E-state index in [-0.39, 0.29) is 5.56 Å². The summed E-state index contributed by atoms with van der Waals surface area (Å²) in [6.07, 6.45) is 6.59. The zero-order valence-electron chi connectivity index (χ0n) is 17.7. The van der Waals surface area contributed by atoms with Gasteiger partial charge < -0.3 is 21.3 Å². The van der Waals surface area contributed by atoms with Crippen molar-refractivity contribution < 1.29 is 4.79 Å². The van der Waals surface area contributed by atoms with Crippen LogP contribution in [0, 0.1) is 0 Å². The molecule has 2 amide bonds. The summed E-state index contributed by atoms with van der Waals surface area (Å²) in [7, 11) is 0. The lowest BCUT2D eigenvalue weighted by Crippen LogP contribution is -2.52. The fourth-order valence-electron chi connectivity index (χ4n) is 3.69. The largest absolute Gasteiger partial charge is 0.351 e. The van der Waals surface area contributed by atoms with Crippen LogP contribution in [0.3, 0.4) is 0 Å². The van der Waals surface area contributed by atoms with E-state index in [2.05, 4.69) is 15.0 Å². The van der Waals surface area contributed by atoms with Gasteiger partial charge in [0, 0.05) is 56.0 Å². The summed E-state index contributed by atoms with van der Waals surface area (Å²) in [5.74, 6) is 0.997. The van der Waals surface area contributed by atoms with Crippen LogP contribution in [0.5, 0.6) is 0 Å². The summed E-state index contributed by atoms with van der Waals surface area (Å²) in [5.41, 5.74) is 13.2. The number of urea groups is 1. The molecule has 1 saturated heterocycles. The van der Waals surface area contributed by atoms with Gasteiger partial charge in [0.25, 0.3) is 5.56 Å². The van der Waals surface area contributed by atoms with Crippen molar-refractivity contribution in [2.75, 3.05) is 37.6 Å². The molecule has 2 aromatic heterocycles. The number of rotatable bonds is 6. The minimum atomic E-state index is -0.450. The van der Waals surface area contributed by atoms with Gasteiger partial charge in [0.2, 0.25) is 0 Å². The average molecular weight is 435 g/mol. The highest BCUT2D eigenvalue weighted by Crippen LogP contribution is 2.18. The van der Waals surface area contributed by atoms with Crippen LogP contribution in [0.4, 0.5) is 10.6 Å². The number of piperazine rings is 1. The second kappa shape index (κ2) is 9.56. The number of benzene rings is 1. The van der Waals surface area contributed by atoms with Gasteiger partial charge in [-0.3, -0.25) is 9.36 Å². The van der Waals surface area contributed by atoms with Crippen molar-refractivity contribution in [3.8, 4) is 17.1 Å². The fourth-order valence-corrected chi connectivity index (χ4v) is 3.69. The lowest BCUT2D eigenvalue weighted by Gasteiger charge is -2.34. The van der Waals surface area contributed by atoms with Gasteiger partial charge in [-0.25, -0.2) is 19.7 Å². The molecular formula is C22H26N8O2. The van der Waals surface area contributed by atoms with Crippen molar-refractivity contribution in [1.82, 2.24) is 24.4 Å². The number of aryl methyl sites for hydroxylation is 1. The fraction of sp³-hybridized carbons (Fsp3) is 0.318. The van der Waals surface area contributed by atoms with Crippen molar-refractivity contribution in [3.05, 3.63) is 65.0 Å². The van der Waals surface area contributed by atoms with Gasteiger partial charge in [0.15, 0.2) is 11.6 Å². The molecular weight excluding hydrogens is 408 g/mol. The Morgan fingerprint density at radius 1 is 1.03 bits per heavy atom. The highest BCUT2D eigenvalue weighted by Gasteiger charge is 2.23. The summed E-state index contributed by atoms with van der Waals surface area (Å²) in [5, 5.41) is 0. The topological polar surface area (TPSA) is 136 Å². The van der Waals surface area contributed by atoms with Gasteiger partial charge in [-0.1, -0.05) is 0 Å². The Morgan fingerprint density at radius 2 is 1.72 bits per heavy atom. The molecule has 0 bridgehead atoms. The van der Waals surface area contributed by atoms with E-state index in [1.54, 1.807) is 34.1 Å². The molecule has 1 aliphatic rings. The SMILES string of the molecule is NCCCc1cn(-c2ccc(-c3ncccn3)cc2)c(=O)c(N2CCN(C(N)=O)CC2)n1. The maximum absolute atomic E-state index is 13.4. The molecule has 0 aliphatic carbocycles. The molecule has 1 fully saturated rings. The summed E-state index contributed by atoms with van der Waals surface area (Å²) in [6.45, 7) is 2.44. The molecule has 4 N–H and O–H groups in total. The quantitative estimate of drug-likeness (QED) is 0.585. The van der Waals surface area contributed by atoms with E-state index < -0.39 is 6.03 Å². The standard InChI is InChI=1S/C22H26N8O2/c23-8-1-3-17-15-30(18-6-4-16(5-7-18)19-25-9-2-10-26-19)21(31)20(27-17)28-11-13-29(14-12-28)22(24)32/h2,4-7,9-10,15H,1,3,8,11-14,23H2,(H2,24,32). The predicted molar refractivity (Wildman–Crippen MR) is 122 cm³/mol. The summed E-state index contributed by atoms with van der Waals surface area (Å²) in [6, 6.07) is 8.84. The molecule has 10 nitrogen and oxygen atoms in total. The molecule has 0 atom stereocenters. The van der Waals surface area contributed by atoms with E-state index in [1.165, 1.54) is 0 Å². The first-order chi connectivity index (χ1) is 15.6. The number of nitrogens with two attached hydrogens (primary N) is 2. The van der Waals surface area contributed by atoms with Crippen molar-refractivity contribution in [2.45, 2.75) is 12.8 Å². The van der Waals surface area contributed by atoms with Crippen molar-refractivity contribution in [1.29, 1.82) is 0 Å². The number of amides is 2. The number of carbonyl (C=O) groups excluding carboxylic acids is 1. The molecule has 166 valence electrons. The molecule has 3 aromatic rings. The Kier molecular flexibility index (Phi) is 6.41. The van der Waals surface area contributed by atoms with E-state index >= 15 is 0 Å². The summed E-state index contributed by atoms with van der Waals surface area (Å²) >= 11 is 0. The van der Waals surface area contributed by atoms with E-state index in [9.17, 15) is 9.59 Å². The van der Waals surface area contributed by atoms with Crippen molar-refractivity contribution in [3.63, 3.8) is 0 Å². The molecule has 10 heteroatoms. The lowest BCUT2D eigenvalue weighted by atomic mass is 10.2. The zero-order chi connectivity index (χ0) is 22.5. The van der Waals surface area contributed by atoms with E-state index in [4.69, 9.17) is 11.5 Å². The van der Waals surface area contributed by atoms with Crippen molar-refractivity contribution >= 4 is 11.8 Å². The van der Waals surface area contributed by atoms with Gasteiger partial charge in [-0.2, -0.15) is 0 Å². The van der Waals surface area contributed by atoms with Gasteiger partial charge in [-0.15, -0.1) is 0 Å². The van der Waals surface area contributed by atoms with Gasteiger partial charge in [0.1, 0.15) is 0 Å². The number of nitrogens with zero attached hydrogens (tertiary/aromatic N) is 6. The third-order valence-electron chi connectivity index (χ3n) is 5.44. The Labute approximate surface area is 185 Å². The summed E-state index contributed by atoms with van der Waals surface area (Å²) < 4.78 is 1.62. The Bertz CT molecular complexity index is 1120. The van der Waals surface area contributed by atoms with Crippen LogP contribution >= 0.6 is 0 Å². The van der Waals surface area contributed by atoms with Crippen LogP contribution in [-0.2, 0) is 6.42 Å². The number of aromatic nitrogens is 4. The number of primary amides is 1. The molecule has 0 spiro atoms. The van der Waals surface area contributed by atoms with Crippen LogP contribution in [0.25, 0.3) is 17.1 Å². The Balaban J connectivity index is 1.68. The second-order valence-electron chi connectivity index (χ2n) is 7.55.